The minimum atomic E-state index is -0.402. The Bertz CT molecular complexity index is 2040. The molecule has 1 atom stereocenters. The average molecular weight is 611 g/mol. The molecule has 0 radical (unpaired) electrons. The summed E-state index contributed by atoms with van der Waals surface area (Å²) in [6.45, 7) is 5.03. The molecule has 1 aliphatic heterocycles. The number of hydrogen-bond donors (Lipinski definition) is 1. The molecule has 7 rings (SSSR count). The fourth-order valence-electron chi connectivity index (χ4n) is 6.20. The lowest BCUT2D eigenvalue weighted by Gasteiger charge is -2.34. The van der Waals surface area contributed by atoms with Crippen LogP contribution in [0.1, 0.15) is 42.8 Å². The number of nitrogens with zero attached hydrogens (tertiary/aromatic N) is 9. The summed E-state index contributed by atoms with van der Waals surface area (Å²) in [6.07, 6.45) is 6.65. The molecule has 1 aliphatic rings. The number of hydrogen-bond acceptors (Lipinski definition) is 9. The highest BCUT2D eigenvalue weighted by atomic mass is 19.1. The van der Waals surface area contributed by atoms with Crippen molar-refractivity contribution in [3.05, 3.63) is 108 Å². The molecule has 6 heterocycles. The van der Waals surface area contributed by atoms with Crippen molar-refractivity contribution in [3.63, 3.8) is 0 Å². The summed E-state index contributed by atoms with van der Waals surface area (Å²) < 4.78 is 15.5. The fraction of sp³-hybridized carbons (Fsp3) is 0.229. The zero-order valence-electron chi connectivity index (χ0n) is 25.3. The summed E-state index contributed by atoms with van der Waals surface area (Å²) in [4.78, 5) is 29.3. The van der Waals surface area contributed by atoms with Crippen molar-refractivity contribution < 1.29 is 4.39 Å². The van der Waals surface area contributed by atoms with Crippen LogP contribution in [0.25, 0.3) is 39.6 Å². The SMILES string of the molecule is CC(c1ccnc(C#N)n1)C1CCN(Cc2ccc(-n3c(-c4cccnc4N)nc4ccc(-c5ccc(F)cn5)nc43)cc2)CC1. The number of rotatable bonds is 7. The molecule has 10 nitrogen and oxygen atoms in total. The molecule has 228 valence electrons. The largest absolute Gasteiger partial charge is 0.383 e. The Morgan fingerprint density at radius 1 is 0.913 bits per heavy atom. The van der Waals surface area contributed by atoms with Gasteiger partial charge in [-0.1, -0.05) is 19.1 Å². The molecule has 46 heavy (non-hydrogen) atoms. The monoisotopic (exact) mass is 610 g/mol. The van der Waals surface area contributed by atoms with Gasteiger partial charge >= 0.3 is 0 Å². The third-order valence-electron chi connectivity index (χ3n) is 8.76. The molecule has 1 fully saturated rings. The molecule has 1 aromatic carbocycles. The first-order chi connectivity index (χ1) is 22.5. The van der Waals surface area contributed by atoms with Gasteiger partial charge in [-0.25, -0.2) is 29.3 Å². The standard InChI is InChI=1S/C35H31FN10/c1-22(28-12-16-39-32(19-37)42-28)24-13-17-45(18-14-24)21-23-4-7-26(8-5-23)46-34(27-3-2-15-40-33(27)38)44-31-11-10-30(43-35(31)46)29-9-6-25(36)20-41-29/h2-12,15-16,20,22,24H,13-14,17-18,21H2,1H3,(H2,38,40). The van der Waals surface area contributed by atoms with Crippen LogP contribution in [-0.2, 0) is 6.54 Å². The van der Waals surface area contributed by atoms with Crippen molar-refractivity contribution in [2.45, 2.75) is 32.2 Å². The third-order valence-corrected chi connectivity index (χ3v) is 8.76. The average Bonchev–Trinajstić information content (AvgIpc) is 3.48. The van der Waals surface area contributed by atoms with Crippen LogP contribution in [0.4, 0.5) is 10.2 Å². The Balaban J connectivity index is 1.13. The molecular weight excluding hydrogens is 579 g/mol. The number of fused-ring (bicyclic) bond motifs is 1. The summed E-state index contributed by atoms with van der Waals surface area (Å²) in [6, 6.07) is 22.8. The minimum Gasteiger partial charge on any atom is -0.383 e. The van der Waals surface area contributed by atoms with E-state index in [2.05, 4.69) is 56.0 Å². The Labute approximate surface area is 265 Å². The smallest absolute Gasteiger partial charge is 0.232 e. The van der Waals surface area contributed by atoms with Crippen LogP contribution in [0.3, 0.4) is 0 Å². The van der Waals surface area contributed by atoms with Crippen LogP contribution in [0.15, 0.2) is 85.3 Å². The van der Waals surface area contributed by atoms with Gasteiger partial charge in [0.2, 0.25) is 5.82 Å². The zero-order valence-corrected chi connectivity index (χ0v) is 25.3. The molecule has 1 unspecified atom stereocenters. The van der Waals surface area contributed by atoms with Gasteiger partial charge in [0.05, 0.1) is 23.1 Å². The molecule has 5 aromatic heterocycles. The number of halogens is 1. The summed E-state index contributed by atoms with van der Waals surface area (Å²) in [5.41, 5.74) is 12.5. The second-order valence-electron chi connectivity index (χ2n) is 11.6. The van der Waals surface area contributed by atoms with Gasteiger partial charge in [-0.2, -0.15) is 5.26 Å². The first-order valence-electron chi connectivity index (χ1n) is 15.2. The number of aromatic nitrogens is 7. The minimum absolute atomic E-state index is 0.228. The molecule has 0 spiro atoms. The van der Waals surface area contributed by atoms with Crippen molar-refractivity contribution in [2.75, 3.05) is 18.8 Å². The molecule has 0 bridgehead atoms. The lowest BCUT2D eigenvalue weighted by molar-refractivity contribution is 0.164. The summed E-state index contributed by atoms with van der Waals surface area (Å²) >= 11 is 0. The van der Waals surface area contributed by atoms with Crippen molar-refractivity contribution in [3.8, 4) is 34.5 Å². The van der Waals surface area contributed by atoms with Crippen LogP contribution in [0.5, 0.6) is 0 Å². The number of nitrogen functional groups attached to an aromatic ring is 1. The van der Waals surface area contributed by atoms with Gasteiger partial charge in [0.25, 0.3) is 0 Å². The molecule has 0 aliphatic carbocycles. The van der Waals surface area contributed by atoms with Gasteiger partial charge < -0.3 is 5.73 Å². The van der Waals surface area contributed by atoms with E-state index in [-0.39, 0.29) is 11.7 Å². The van der Waals surface area contributed by atoms with E-state index in [1.807, 2.05) is 41.0 Å². The quantitative estimate of drug-likeness (QED) is 0.233. The normalized spacial score (nSPS) is 14.7. The second-order valence-corrected chi connectivity index (χ2v) is 11.6. The van der Waals surface area contributed by atoms with Crippen LogP contribution in [-0.4, -0.2) is 52.5 Å². The third kappa shape index (κ3) is 5.78. The molecule has 11 heteroatoms. The highest BCUT2D eigenvalue weighted by Gasteiger charge is 2.26. The predicted octanol–water partition coefficient (Wildman–Crippen LogP) is 5.94. The van der Waals surface area contributed by atoms with Gasteiger partial charge in [0.15, 0.2) is 11.5 Å². The number of imidazole rings is 1. The molecule has 1 saturated heterocycles. The van der Waals surface area contributed by atoms with Gasteiger partial charge in [-0.3, -0.25) is 14.5 Å². The number of pyridine rings is 3. The summed E-state index contributed by atoms with van der Waals surface area (Å²) in [5, 5.41) is 9.18. The summed E-state index contributed by atoms with van der Waals surface area (Å²) in [7, 11) is 0. The van der Waals surface area contributed by atoms with E-state index in [9.17, 15) is 9.65 Å². The fourth-order valence-corrected chi connectivity index (χ4v) is 6.20. The van der Waals surface area contributed by atoms with Crippen molar-refractivity contribution in [1.29, 1.82) is 5.26 Å². The van der Waals surface area contributed by atoms with E-state index >= 15 is 0 Å². The van der Waals surface area contributed by atoms with E-state index < -0.39 is 5.82 Å². The molecule has 2 N–H and O–H groups in total. The Morgan fingerprint density at radius 3 is 2.46 bits per heavy atom. The number of piperidine rings is 1. The Morgan fingerprint density at radius 2 is 1.72 bits per heavy atom. The topological polar surface area (TPSA) is 135 Å². The first kappa shape index (κ1) is 29.1. The van der Waals surface area contributed by atoms with Crippen molar-refractivity contribution in [1.82, 2.24) is 39.4 Å². The van der Waals surface area contributed by atoms with E-state index in [4.69, 9.17) is 15.7 Å². The van der Waals surface area contributed by atoms with E-state index in [0.717, 1.165) is 43.9 Å². The molecule has 6 aromatic rings. The van der Waals surface area contributed by atoms with Crippen LogP contribution in [0, 0.1) is 23.1 Å². The Hall–Kier alpha value is -5.60. The maximum atomic E-state index is 13.6. The first-order valence-corrected chi connectivity index (χ1v) is 15.2. The number of nitrogens with two attached hydrogens (primary N) is 1. The number of nitriles is 1. The van der Waals surface area contributed by atoms with Crippen molar-refractivity contribution >= 4 is 17.0 Å². The van der Waals surface area contributed by atoms with Gasteiger partial charge in [-0.15, -0.1) is 0 Å². The zero-order chi connectivity index (χ0) is 31.6. The number of anilines is 1. The summed E-state index contributed by atoms with van der Waals surface area (Å²) in [5.74, 6) is 1.62. The highest BCUT2D eigenvalue weighted by molar-refractivity contribution is 5.84. The molecule has 0 saturated carbocycles. The predicted molar refractivity (Wildman–Crippen MR) is 173 cm³/mol. The lowest BCUT2D eigenvalue weighted by atomic mass is 9.83. The number of benzene rings is 1. The van der Waals surface area contributed by atoms with Crippen LogP contribution >= 0.6 is 0 Å². The van der Waals surface area contributed by atoms with Crippen LogP contribution in [0.2, 0.25) is 0 Å². The molecular formula is C35H31FN10. The second kappa shape index (κ2) is 12.4. The van der Waals surface area contributed by atoms with E-state index in [0.29, 0.717) is 45.7 Å². The van der Waals surface area contributed by atoms with Crippen molar-refractivity contribution in [2.24, 2.45) is 5.92 Å². The number of likely N-dealkylation sites (tertiary alicyclic amines) is 1. The lowest BCUT2D eigenvalue weighted by Crippen LogP contribution is -2.35. The van der Waals surface area contributed by atoms with Gasteiger partial charge in [0.1, 0.15) is 23.2 Å². The Kier molecular flexibility index (Phi) is 7.86. The maximum absolute atomic E-state index is 13.6. The van der Waals surface area contributed by atoms with Crippen LogP contribution < -0.4 is 5.73 Å². The van der Waals surface area contributed by atoms with Gasteiger partial charge in [-0.05, 0) is 92.0 Å². The maximum Gasteiger partial charge on any atom is 0.232 e. The molecule has 0 amide bonds. The van der Waals surface area contributed by atoms with E-state index in [1.165, 1.54) is 17.8 Å². The van der Waals surface area contributed by atoms with Gasteiger partial charge in [0, 0.05) is 36.2 Å². The highest BCUT2D eigenvalue weighted by Crippen LogP contribution is 2.33. The van der Waals surface area contributed by atoms with E-state index in [1.54, 1.807) is 18.5 Å².